The van der Waals surface area contributed by atoms with Gasteiger partial charge in [-0.25, -0.2) is 12.8 Å². The molecular formula is C12H15FO3S. The average Bonchev–Trinajstić information content (AvgIpc) is 3.05. The summed E-state index contributed by atoms with van der Waals surface area (Å²) in [6, 6.07) is 5.82. The first-order chi connectivity index (χ1) is 8.01. The van der Waals surface area contributed by atoms with Crippen LogP contribution in [-0.4, -0.2) is 31.1 Å². The molecule has 0 aromatic heterocycles. The van der Waals surface area contributed by atoms with Crippen molar-refractivity contribution in [2.45, 2.75) is 18.1 Å². The fourth-order valence-electron chi connectivity index (χ4n) is 2.36. The first kappa shape index (κ1) is 12.5. The van der Waals surface area contributed by atoms with E-state index >= 15 is 0 Å². The minimum absolute atomic E-state index is 0.0753. The van der Waals surface area contributed by atoms with Crippen LogP contribution in [0.25, 0.3) is 0 Å². The van der Waals surface area contributed by atoms with E-state index in [1.807, 2.05) is 0 Å². The molecule has 17 heavy (non-hydrogen) atoms. The van der Waals surface area contributed by atoms with Crippen LogP contribution in [0.3, 0.4) is 0 Å². The molecular weight excluding hydrogens is 243 g/mol. The lowest BCUT2D eigenvalue weighted by Gasteiger charge is -2.00. The van der Waals surface area contributed by atoms with E-state index in [-0.39, 0.29) is 30.0 Å². The van der Waals surface area contributed by atoms with Crippen LogP contribution in [0.15, 0.2) is 24.3 Å². The number of hydrogen-bond donors (Lipinski definition) is 1. The molecule has 0 spiro atoms. The van der Waals surface area contributed by atoms with Gasteiger partial charge in [0.25, 0.3) is 0 Å². The molecule has 1 fully saturated rings. The molecule has 3 nitrogen and oxygen atoms in total. The second kappa shape index (κ2) is 4.38. The third-order valence-corrected chi connectivity index (χ3v) is 5.66. The zero-order chi connectivity index (χ0) is 12.6. The Morgan fingerprint density at radius 2 is 1.88 bits per heavy atom. The van der Waals surface area contributed by atoms with Gasteiger partial charge in [0.2, 0.25) is 0 Å². The van der Waals surface area contributed by atoms with E-state index in [1.54, 1.807) is 19.1 Å². The quantitative estimate of drug-likeness (QED) is 0.886. The van der Waals surface area contributed by atoms with Gasteiger partial charge in [-0.15, -0.1) is 0 Å². The normalized spacial score (nSPS) is 28.1. The predicted molar refractivity (Wildman–Crippen MR) is 63.0 cm³/mol. The maximum absolute atomic E-state index is 12.8. The summed E-state index contributed by atoms with van der Waals surface area (Å²) in [5.41, 5.74) is 0.785. The third kappa shape index (κ3) is 2.21. The maximum Gasteiger partial charge on any atom is 0.153 e. The molecule has 3 atom stereocenters. The summed E-state index contributed by atoms with van der Waals surface area (Å²) < 4.78 is 36.4. The second-order valence-electron chi connectivity index (χ2n) is 4.34. The third-order valence-electron chi connectivity index (χ3n) is 3.38. The molecule has 1 aromatic carbocycles. The highest BCUT2D eigenvalue weighted by atomic mass is 32.2. The van der Waals surface area contributed by atoms with Crippen LogP contribution in [0.4, 0.5) is 4.39 Å². The highest BCUT2D eigenvalue weighted by Crippen LogP contribution is 2.52. The first-order valence-electron chi connectivity index (χ1n) is 5.59. The van der Waals surface area contributed by atoms with Crippen LogP contribution in [0.1, 0.15) is 18.4 Å². The van der Waals surface area contributed by atoms with E-state index in [9.17, 15) is 17.9 Å². The van der Waals surface area contributed by atoms with Crippen LogP contribution in [-0.2, 0) is 9.84 Å². The molecule has 0 aliphatic heterocycles. The van der Waals surface area contributed by atoms with Gasteiger partial charge in [0.1, 0.15) is 5.82 Å². The van der Waals surface area contributed by atoms with Crippen LogP contribution >= 0.6 is 0 Å². The van der Waals surface area contributed by atoms with E-state index in [2.05, 4.69) is 0 Å². The Bertz CT molecular complexity index is 495. The van der Waals surface area contributed by atoms with Gasteiger partial charge < -0.3 is 5.11 Å². The number of halogens is 1. The maximum atomic E-state index is 12.8. The van der Waals surface area contributed by atoms with Crippen molar-refractivity contribution in [3.63, 3.8) is 0 Å². The van der Waals surface area contributed by atoms with Gasteiger partial charge in [0, 0.05) is 24.2 Å². The van der Waals surface area contributed by atoms with Gasteiger partial charge in [-0.3, -0.25) is 0 Å². The molecule has 0 unspecified atom stereocenters. The highest BCUT2D eigenvalue weighted by molar-refractivity contribution is 7.92. The lowest BCUT2D eigenvalue weighted by atomic mass is 10.1. The Kier molecular flexibility index (Phi) is 3.23. The average molecular weight is 258 g/mol. The molecule has 0 bridgehead atoms. The molecule has 0 heterocycles. The zero-order valence-electron chi connectivity index (χ0n) is 9.51. The molecule has 1 aromatic rings. The Labute approximate surface area is 100 Å². The van der Waals surface area contributed by atoms with Gasteiger partial charge in [-0.1, -0.05) is 19.1 Å². The van der Waals surface area contributed by atoms with E-state index in [1.165, 1.54) is 12.1 Å². The molecule has 94 valence electrons. The SMILES string of the molecule is CCS(=O)(=O)[C@H]1[C@@H](CO)[C@@H]1c1ccc(F)cc1. The fourth-order valence-corrected chi connectivity index (χ4v) is 4.25. The number of benzene rings is 1. The molecule has 5 heteroatoms. The van der Waals surface area contributed by atoms with Crippen molar-refractivity contribution in [2.75, 3.05) is 12.4 Å². The summed E-state index contributed by atoms with van der Waals surface area (Å²) in [5.74, 6) is -0.702. The van der Waals surface area contributed by atoms with Gasteiger partial charge in [0.05, 0.1) is 5.25 Å². The van der Waals surface area contributed by atoms with Gasteiger partial charge in [-0.05, 0) is 17.7 Å². The molecule has 0 amide bonds. The summed E-state index contributed by atoms with van der Waals surface area (Å²) in [5, 5.41) is 8.67. The molecule has 1 aliphatic carbocycles. The number of sulfone groups is 1. The molecule has 0 radical (unpaired) electrons. The summed E-state index contributed by atoms with van der Waals surface area (Å²) in [6.07, 6.45) is 0. The van der Waals surface area contributed by atoms with E-state index < -0.39 is 15.1 Å². The Hall–Kier alpha value is -0.940. The number of hydrogen-bond acceptors (Lipinski definition) is 3. The van der Waals surface area contributed by atoms with Crippen molar-refractivity contribution in [1.82, 2.24) is 0 Å². The minimum Gasteiger partial charge on any atom is -0.396 e. The minimum atomic E-state index is -3.15. The summed E-state index contributed by atoms with van der Waals surface area (Å²) in [7, 11) is -3.15. The van der Waals surface area contributed by atoms with Crippen LogP contribution in [0.2, 0.25) is 0 Å². The van der Waals surface area contributed by atoms with Crippen molar-refractivity contribution < 1.29 is 17.9 Å². The Balaban J connectivity index is 2.26. The fraction of sp³-hybridized carbons (Fsp3) is 0.500. The highest BCUT2D eigenvalue weighted by Gasteiger charge is 2.57. The predicted octanol–water partition coefficient (Wildman–Crippen LogP) is 1.33. The number of aliphatic hydroxyl groups is 1. The van der Waals surface area contributed by atoms with Crippen LogP contribution in [0, 0.1) is 11.7 Å². The van der Waals surface area contributed by atoms with Gasteiger partial charge in [-0.2, -0.15) is 0 Å². The van der Waals surface area contributed by atoms with Gasteiger partial charge >= 0.3 is 0 Å². The summed E-state index contributed by atoms with van der Waals surface area (Å²) in [6.45, 7) is 1.45. The Morgan fingerprint density at radius 3 is 2.35 bits per heavy atom. The van der Waals surface area contributed by atoms with Crippen molar-refractivity contribution in [1.29, 1.82) is 0 Å². The topological polar surface area (TPSA) is 54.4 Å². The largest absolute Gasteiger partial charge is 0.396 e. The zero-order valence-corrected chi connectivity index (χ0v) is 10.3. The lowest BCUT2D eigenvalue weighted by Crippen LogP contribution is -2.13. The van der Waals surface area contributed by atoms with Crippen molar-refractivity contribution in [2.24, 2.45) is 5.92 Å². The van der Waals surface area contributed by atoms with Gasteiger partial charge in [0.15, 0.2) is 9.84 Å². The van der Waals surface area contributed by atoms with Crippen molar-refractivity contribution in [3.8, 4) is 0 Å². The van der Waals surface area contributed by atoms with Crippen LogP contribution < -0.4 is 0 Å². The van der Waals surface area contributed by atoms with Crippen molar-refractivity contribution >= 4 is 9.84 Å². The van der Waals surface area contributed by atoms with Crippen molar-refractivity contribution in [3.05, 3.63) is 35.6 Å². The van der Waals surface area contributed by atoms with E-state index in [0.717, 1.165) is 5.56 Å². The molecule has 0 saturated heterocycles. The molecule has 1 aliphatic rings. The van der Waals surface area contributed by atoms with Crippen LogP contribution in [0.5, 0.6) is 0 Å². The number of rotatable bonds is 4. The molecule has 1 N–H and O–H groups in total. The molecule has 2 rings (SSSR count). The summed E-state index contributed by atoms with van der Waals surface area (Å²) in [4.78, 5) is 0. The first-order valence-corrected chi connectivity index (χ1v) is 7.30. The monoisotopic (exact) mass is 258 g/mol. The standard InChI is InChI=1S/C12H15FO3S/c1-2-17(15,16)12-10(7-14)11(12)8-3-5-9(13)6-4-8/h3-6,10-12,14H,2,7H2,1H3/t10-,11-,12-/m0/s1. The summed E-state index contributed by atoms with van der Waals surface area (Å²) >= 11 is 0. The number of aliphatic hydroxyl groups excluding tert-OH is 1. The second-order valence-corrected chi connectivity index (χ2v) is 6.79. The van der Waals surface area contributed by atoms with E-state index in [0.29, 0.717) is 0 Å². The lowest BCUT2D eigenvalue weighted by molar-refractivity contribution is 0.274. The van der Waals surface area contributed by atoms with E-state index in [4.69, 9.17) is 0 Å². The smallest absolute Gasteiger partial charge is 0.153 e. The Morgan fingerprint density at radius 1 is 1.29 bits per heavy atom. The molecule has 1 saturated carbocycles.